The van der Waals surface area contributed by atoms with Gasteiger partial charge in [0.15, 0.2) is 5.82 Å². The first-order valence-corrected chi connectivity index (χ1v) is 6.18. The number of aromatic nitrogens is 3. The number of alkyl halides is 3. The molecule has 3 aromatic rings. The van der Waals surface area contributed by atoms with Gasteiger partial charge in [0.2, 0.25) is 0 Å². The van der Waals surface area contributed by atoms with Crippen LogP contribution in [0.5, 0.6) is 0 Å². The minimum absolute atomic E-state index is 0.144. The fourth-order valence-corrected chi connectivity index (χ4v) is 2.27. The lowest BCUT2D eigenvalue weighted by Gasteiger charge is -2.05. The normalized spacial score (nSPS) is 12.0. The molecule has 0 radical (unpaired) electrons. The quantitative estimate of drug-likeness (QED) is 0.748. The molecular formula is C13H7ClF3N3O. The number of nitrogens with one attached hydrogen (secondary N) is 1. The molecule has 21 heavy (non-hydrogen) atoms. The Kier molecular flexibility index (Phi) is 3.02. The van der Waals surface area contributed by atoms with Gasteiger partial charge < -0.3 is 0 Å². The maximum atomic E-state index is 12.6. The van der Waals surface area contributed by atoms with E-state index in [-0.39, 0.29) is 16.2 Å². The van der Waals surface area contributed by atoms with Crippen LogP contribution in [0.15, 0.2) is 41.3 Å². The summed E-state index contributed by atoms with van der Waals surface area (Å²) >= 11 is 5.98. The van der Waals surface area contributed by atoms with Crippen LogP contribution in [0.3, 0.4) is 0 Å². The van der Waals surface area contributed by atoms with Crippen molar-refractivity contribution in [3.63, 3.8) is 0 Å². The van der Waals surface area contributed by atoms with Crippen molar-refractivity contribution in [3.05, 3.63) is 57.6 Å². The van der Waals surface area contributed by atoms with Gasteiger partial charge in [-0.05, 0) is 17.5 Å². The van der Waals surface area contributed by atoms with Crippen LogP contribution >= 0.6 is 11.6 Å². The van der Waals surface area contributed by atoms with Crippen LogP contribution in [0, 0.1) is 0 Å². The number of rotatable bonds is 1. The van der Waals surface area contributed by atoms with Gasteiger partial charge in [-0.2, -0.15) is 18.3 Å². The Labute approximate surface area is 120 Å². The number of aromatic amines is 1. The van der Waals surface area contributed by atoms with Gasteiger partial charge >= 0.3 is 6.18 Å². The van der Waals surface area contributed by atoms with E-state index in [1.165, 1.54) is 6.20 Å². The first-order valence-electron chi connectivity index (χ1n) is 5.81. The van der Waals surface area contributed by atoms with E-state index in [2.05, 4.69) is 5.10 Å². The number of H-pyrrole nitrogens is 1. The molecule has 3 rings (SSSR count). The van der Waals surface area contributed by atoms with E-state index in [1.807, 2.05) is 5.10 Å². The van der Waals surface area contributed by atoms with Gasteiger partial charge in [-0.25, -0.2) is 0 Å². The van der Waals surface area contributed by atoms with Crippen LogP contribution < -0.4 is 5.56 Å². The summed E-state index contributed by atoms with van der Waals surface area (Å²) in [6.45, 7) is 0. The molecule has 4 nitrogen and oxygen atoms in total. The number of nitrogens with zero attached hydrogens (tertiary/aromatic N) is 2. The van der Waals surface area contributed by atoms with Crippen molar-refractivity contribution in [2.45, 2.75) is 6.18 Å². The Morgan fingerprint density at radius 1 is 1.24 bits per heavy atom. The SMILES string of the molecule is O=c1c2c(Cl)cccc2ccn1-c1cc(C(F)(F)F)[nH]n1. The van der Waals surface area contributed by atoms with Gasteiger partial charge in [0.1, 0.15) is 5.69 Å². The standard InChI is InChI=1S/C13H7ClF3N3O/c14-8-3-1-2-7-4-5-20(12(21)11(7)8)10-6-9(18-19-10)13(15,16)17/h1-6H,(H,18,19). The summed E-state index contributed by atoms with van der Waals surface area (Å²) in [6.07, 6.45) is -3.19. The van der Waals surface area contributed by atoms with Crippen molar-refractivity contribution in [2.24, 2.45) is 0 Å². The second-order valence-electron chi connectivity index (χ2n) is 4.33. The average molecular weight is 314 g/mol. The number of benzene rings is 1. The highest BCUT2D eigenvalue weighted by Crippen LogP contribution is 2.28. The van der Waals surface area contributed by atoms with Crippen LogP contribution in [0.4, 0.5) is 13.2 Å². The highest BCUT2D eigenvalue weighted by molar-refractivity contribution is 6.35. The van der Waals surface area contributed by atoms with Crippen molar-refractivity contribution in [1.29, 1.82) is 0 Å². The minimum atomic E-state index is -4.55. The third-order valence-electron chi connectivity index (χ3n) is 3.00. The molecule has 0 spiro atoms. The van der Waals surface area contributed by atoms with Crippen molar-refractivity contribution >= 4 is 22.4 Å². The molecule has 2 aromatic heterocycles. The van der Waals surface area contributed by atoms with Gasteiger partial charge in [-0.15, -0.1) is 0 Å². The number of pyridine rings is 1. The second kappa shape index (κ2) is 4.63. The summed E-state index contributed by atoms with van der Waals surface area (Å²) in [7, 11) is 0. The molecule has 2 heterocycles. The Bertz CT molecular complexity index is 882. The number of hydrogen-bond acceptors (Lipinski definition) is 2. The second-order valence-corrected chi connectivity index (χ2v) is 4.74. The Balaban J connectivity index is 2.22. The van der Waals surface area contributed by atoms with Crippen molar-refractivity contribution in [3.8, 4) is 5.82 Å². The van der Waals surface area contributed by atoms with Crippen LogP contribution in [0.2, 0.25) is 5.02 Å². The lowest BCUT2D eigenvalue weighted by atomic mass is 10.2. The maximum Gasteiger partial charge on any atom is 0.432 e. The first-order chi connectivity index (χ1) is 9.88. The smallest absolute Gasteiger partial charge is 0.271 e. The zero-order valence-electron chi connectivity index (χ0n) is 10.3. The highest BCUT2D eigenvalue weighted by atomic mass is 35.5. The molecule has 1 aromatic carbocycles. The summed E-state index contributed by atoms with van der Waals surface area (Å²) in [6, 6.07) is 7.28. The molecule has 108 valence electrons. The predicted molar refractivity (Wildman–Crippen MR) is 71.7 cm³/mol. The molecule has 0 aliphatic carbocycles. The highest BCUT2D eigenvalue weighted by Gasteiger charge is 2.33. The van der Waals surface area contributed by atoms with Gasteiger partial charge in [0.25, 0.3) is 5.56 Å². The Hall–Kier alpha value is -2.28. The van der Waals surface area contributed by atoms with Gasteiger partial charge in [0.05, 0.1) is 10.4 Å². The van der Waals surface area contributed by atoms with Crippen LogP contribution in [-0.4, -0.2) is 14.8 Å². The number of halogens is 4. The molecule has 0 fully saturated rings. The van der Waals surface area contributed by atoms with Crippen LogP contribution in [0.1, 0.15) is 5.69 Å². The molecule has 0 aliphatic heterocycles. The van der Waals surface area contributed by atoms with Crippen molar-refractivity contribution < 1.29 is 13.2 Å². The lowest BCUT2D eigenvalue weighted by molar-refractivity contribution is -0.141. The Morgan fingerprint density at radius 2 is 2.00 bits per heavy atom. The van der Waals surface area contributed by atoms with E-state index < -0.39 is 17.4 Å². The van der Waals surface area contributed by atoms with Crippen molar-refractivity contribution in [2.75, 3.05) is 0 Å². The molecule has 0 saturated carbocycles. The van der Waals surface area contributed by atoms with Gasteiger partial charge in [-0.3, -0.25) is 14.5 Å². The number of hydrogen-bond donors (Lipinski definition) is 1. The molecule has 0 atom stereocenters. The van der Waals surface area contributed by atoms with Crippen molar-refractivity contribution in [1.82, 2.24) is 14.8 Å². The zero-order chi connectivity index (χ0) is 15.2. The fraction of sp³-hybridized carbons (Fsp3) is 0.0769. The third kappa shape index (κ3) is 2.29. The van der Waals surface area contributed by atoms with Crippen LogP contribution in [0.25, 0.3) is 16.6 Å². The summed E-state index contributed by atoms with van der Waals surface area (Å²) in [5.74, 6) is -0.144. The molecule has 0 saturated heterocycles. The zero-order valence-corrected chi connectivity index (χ0v) is 11.0. The topological polar surface area (TPSA) is 50.7 Å². The van der Waals surface area contributed by atoms with E-state index in [0.29, 0.717) is 5.39 Å². The van der Waals surface area contributed by atoms with Gasteiger partial charge in [-0.1, -0.05) is 23.7 Å². The fourth-order valence-electron chi connectivity index (χ4n) is 2.01. The molecular weight excluding hydrogens is 307 g/mol. The van der Waals surface area contributed by atoms with E-state index in [4.69, 9.17) is 11.6 Å². The summed E-state index contributed by atoms with van der Waals surface area (Å²) in [5.41, 5.74) is -1.55. The molecule has 0 bridgehead atoms. The summed E-state index contributed by atoms with van der Waals surface area (Å²) in [5, 5.41) is 6.47. The van der Waals surface area contributed by atoms with E-state index in [1.54, 1.807) is 24.3 Å². The Morgan fingerprint density at radius 3 is 2.67 bits per heavy atom. The van der Waals surface area contributed by atoms with E-state index in [0.717, 1.165) is 10.6 Å². The third-order valence-corrected chi connectivity index (χ3v) is 3.31. The predicted octanol–water partition coefficient (Wildman–Crippen LogP) is 3.39. The van der Waals surface area contributed by atoms with E-state index >= 15 is 0 Å². The molecule has 1 N–H and O–H groups in total. The maximum absolute atomic E-state index is 12.6. The van der Waals surface area contributed by atoms with E-state index in [9.17, 15) is 18.0 Å². The lowest BCUT2D eigenvalue weighted by Crippen LogP contribution is -2.18. The monoisotopic (exact) mass is 313 g/mol. The first kappa shape index (κ1) is 13.7. The molecule has 8 heteroatoms. The molecule has 0 aliphatic rings. The molecule has 0 unspecified atom stereocenters. The summed E-state index contributed by atoms with van der Waals surface area (Å²) in [4.78, 5) is 12.4. The molecule has 0 amide bonds. The number of fused-ring (bicyclic) bond motifs is 1. The average Bonchev–Trinajstić information content (AvgIpc) is 2.88. The largest absolute Gasteiger partial charge is 0.432 e. The minimum Gasteiger partial charge on any atom is -0.271 e. The van der Waals surface area contributed by atoms with Gasteiger partial charge in [0, 0.05) is 12.3 Å². The van der Waals surface area contributed by atoms with Crippen LogP contribution in [-0.2, 0) is 6.18 Å². The summed E-state index contributed by atoms with van der Waals surface area (Å²) < 4.78 is 38.7.